The Morgan fingerprint density at radius 1 is 1.40 bits per heavy atom. The zero-order valence-corrected chi connectivity index (χ0v) is 13.3. The Bertz CT molecular complexity index is 552. The molecule has 20 heavy (non-hydrogen) atoms. The molecular formula is C13H16BrN3O2S. The van der Waals surface area contributed by atoms with Crippen molar-refractivity contribution >= 4 is 44.8 Å². The van der Waals surface area contributed by atoms with E-state index in [9.17, 15) is 9.59 Å². The highest BCUT2D eigenvalue weighted by atomic mass is 79.9. The number of fused-ring (bicyclic) bond motifs is 3. The molecular weight excluding hydrogens is 342 g/mol. The first-order valence-electron chi connectivity index (χ1n) is 6.68. The van der Waals surface area contributed by atoms with Crippen LogP contribution in [0, 0.1) is 5.92 Å². The predicted molar refractivity (Wildman–Crippen MR) is 81.9 cm³/mol. The van der Waals surface area contributed by atoms with Gasteiger partial charge in [0.1, 0.15) is 4.88 Å². The molecule has 1 aromatic rings. The lowest BCUT2D eigenvalue weighted by Crippen LogP contribution is -2.53. The van der Waals surface area contributed by atoms with E-state index in [0.717, 1.165) is 23.3 Å². The number of carbonyl (C=O) groups is 2. The molecule has 0 aliphatic carbocycles. The summed E-state index contributed by atoms with van der Waals surface area (Å²) in [6.45, 7) is 2.00. The molecule has 7 heteroatoms. The van der Waals surface area contributed by atoms with Gasteiger partial charge in [-0.05, 0) is 60.3 Å². The molecule has 2 amide bonds. The number of anilines is 1. The Kier molecular flexibility index (Phi) is 3.83. The second kappa shape index (κ2) is 5.46. The minimum Gasteiger partial charge on any atom is -0.365 e. The average molecular weight is 358 g/mol. The fourth-order valence-electron chi connectivity index (χ4n) is 3.09. The fourth-order valence-corrected chi connectivity index (χ4v) is 4.50. The number of hydrogen-bond donors (Lipinski definition) is 2. The molecule has 5 nitrogen and oxygen atoms in total. The quantitative estimate of drug-likeness (QED) is 0.868. The summed E-state index contributed by atoms with van der Waals surface area (Å²) in [5, 5.41) is 2.87. The molecule has 4 rings (SSSR count). The molecule has 1 aromatic heterocycles. The van der Waals surface area contributed by atoms with E-state index >= 15 is 0 Å². The van der Waals surface area contributed by atoms with Crippen LogP contribution in [0.5, 0.6) is 0 Å². The standard InChI is InChI=1S/C13H16BrN3O2S/c14-10-6-8(11(20-10)12(15)18)16-13(19)9-5-7-1-3-17(9)4-2-7/h6-7,9H,1-5H2,(H2,15,18)(H,16,19). The molecule has 0 spiro atoms. The van der Waals surface area contributed by atoms with Gasteiger partial charge in [-0.25, -0.2) is 0 Å². The van der Waals surface area contributed by atoms with Crippen LogP contribution in [0.1, 0.15) is 28.9 Å². The van der Waals surface area contributed by atoms with Crippen LogP contribution in [0.15, 0.2) is 9.85 Å². The van der Waals surface area contributed by atoms with Crippen molar-refractivity contribution < 1.29 is 9.59 Å². The second-order valence-corrected chi connectivity index (χ2v) is 7.81. The third-order valence-electron chi connectivity index (χ3n) is 4.13. The van der Waals surface area contributed by atoms with Crippen LogP contribution in [0.25, 0.3) is 0 Å². The van der Waals surface area contributed by atoms with Crippen molar-refractivity contribution in [2.24, 2.45) is 11.7 Å². The molecule has 3 fully saturated rings. The van der Waals surface area contributed by atoms with Gasteiger partial charge in [0.15, 0.2) is 0 Å². The number of nitrogens with zero attached hydrogens (tertiary/aromatic N) is 1. The minimum atomic E-state index is -0.513. The Balaban J connectivity index is 1.75. The van der Waals surface area contributed by atoms with E-state index in [1.54, 1.807) is 6.07 Å². The lowest BCUT2D eigenvalue weighted by molar-refractivity contribution is -0.125. The Morgan fingerprint density at radius 3 is 2.65 bits per heavy atom. The summed E-state index contributed by atoms with van der Waals surface area (Å²) >= 11 is 4.56. The molecule has 3 saturated heterocycles. The van der Waals surface area contributed by atoms with Crippen molar-refractivity contribution in [1.82, 2.24) is 4.90 Å². The van der Waals surface area contributed by atoms with E-state index in [4.69, 9.17) is 5.73 Å². The maximum atomic E-state index is 12.4. The van der Waals surface area contributed by atoms with Gasteiger partial charge in [-0.1, -0.05) is 0 Å². The number of nitrogens with one attached hydrogen (secondary N) is 1. The van der Waals surface area contributed by atoms with Gasteiger partial charge in [0.05, 0.1) is 15.5 Å². The van der Waals surface area contributed by atoms with Gasteiger partial charge in [0.25, 0.3) is 5.91 Å². The summed E-state index contributed by atoms with van der Waals surface area (Å²) < 4.78 is 0.784. The summed E-state index contributed by atoms with van der Waals surface area (Å²) in [6.07, 6.45) is 3.31. The number of halogens is 1. The molecule has 0 aromatic carbocycles. The van der Waals surface area contributed by atoms with Crippen LogP contribution in [-0.4, -0.2) is 35.8 Å². The van der Waals surface area contributed by atoms with Crippen LogP contribution >= 0.6 is 27.3 Å². The normalized spacial score (nSPS) is 28.4. The van der Waals surface area contributed by atoms with Crippen LogP contribution in [0.3, 0.4) is 0 Å². The highest BCUT2D eigenvalue weighted by molar-refractivity contribution is 9.11. The van der Waals surface area contributed by atoms with Crippen molar-refractivity contribution in [2.75, 3.05) is 18.4 Å². The predicted octanol–water partition coefficient (Wildman–Crippen LogP) is 2.03. The number of amides is 2. The first-order valence-corrected chi connectivity index (χ1v) is 8.29. The summed E-state index contributed by atoms with van der Waals surface area (Å²) in [5.41, 5.74) is 5.85. The van der Waals surface area contributed by atoms with Crippen molar-refractivity contribution in [3.8, 4) is 0 Å². The van der Waals surface area contributed by atoms with Crippen LogP contribution in [-0.2, 0) is 4.79 Å². The van der Waals surface area contributed by atoms with Crippen molar-refractivity contribution in [3.05, 3.63) is 14.7 Å². The minimum absolute atomic E-state index is 0.0257. The Labute approximate surface area is 129 Å². The molecule has 108 valence electrons. The van der Waals surface area contributed by atoms with Crippen molar-refractivity contribution in [1.29, 1.82) is 0 Å². The summed E-state index contributed by atoms with van der Waals surface area (Å²) in [4.78, 5) is 26.4. The maximum Gasteiger partial charge on any atom is 0.260 e. The molecule has 0 saturated carbocycles. The van der Waals surface area contributed by atoms with Gasteiger partial charge in [0.2, 0.25) is 5.91 Å². The SMILES string of the molecule is NC(=O)c1sc(Br)cc1NC(=O)C1CC2CCN1CC2. The number of primary amides is 1. The number of carbonyl (C=O) groups excluding carboxylic acids is 2. The zero-order chi connectivity index (χ0) is 14.3. The first-order chi connectivity index (χ1) is 9.54. The summed E-state index contributed by atoms with van der Waals surface area (Å²) in [5.74, 6) is 0.129. The average Bonchev–Trinajstić information content (AvgIpc) is 2.81. The smallest absolute Gasteiger partial charge is 0.260 e. The van der Waals surface area contributed by atoms with Gasteiger partial charge in [0, 0.05) is 0 Å². The Morgan fingerprint density at radius 2 is 2.10 bits per heavy atom. The molecule has 3 N–H and O–H groups in total. The number of hydrogen-bond acceptors (Lipinski definition) is 4. The topological polar surface area (TPSA) is 75.4 Å². The molecule has 2 bridgehead atoms. The van der Waals surface area contributed by atoms with E-state index in [1.807, 2.05) is 0 Å². The summed E-state index contributed by atoms with van der Waals surface area (Å²) in [6, 6.07) is 1.67. The highest BCUT2D eigenvalue weighted by Gasteiger charge is 2.37. The van der Waals surface area contributed by atoms with Gasteiger partial charge in [-0.3, -0.25) is 14.5 Å². The van der Waals surface area contributed by atoms with Gasteiger partial charge in [-0.2, -0.15) is 0 Å². The van der Waals surface area contributed by atoms with Crippen LogP contribution < -0.4 is 11.1 Å². The Hall–Kier alpha value is -0.920. The van der Waals surface area contributed by atoms with E-state index in [-0.39, 0.29) is 11.9 Å². The zero-order valence-electron chi connectivity index (χ0n) is 10.9. The second-order valence-electron chi connectivity index (χ2n) is 5.38. The van der Waals surface area contributed by atoms with Gasteiger partial charge >= 0.3 is 0 Å². The summed E-state index contributed by atoms with van der Waals surface area (Å²) in [7, 11) is 0. The molecule has 1 atom stereocenters. The van der Waals surface area contributed by atoms with E-state index in [1.165, 1.54) is 24.2 Å². The van der Waals surface area contributed by atoms with Crippen molar-refractivity contribution in [3.63, 3.8) is 0 Å². The lowest BCUT2D eigenvalue weighted by atomic mass is 9.83. The van der Waals surface area contributed by atoms with E-state index < -0.39 is 5.91 Å². The maximum absolute atomic E-state index is 12.4. The van der Waals surface area contributed by atoms with Crippen LogP contribution in [0.4, 0.5) is 5.69 Å². The van der Waals surface area contributed by atoms with Crippen molar-refractivity contribution in [2.45, 2.75) is 25.3 Å². The fraction of sp³-hybridized carbons (Fsp3) is 0.538. The van der Waals surface area contributed by atoms with E-state index in [2.05, 4.69) is 26.1 Å². The molecule has 3 aliphatic rings. The van der Waals surface area contributed by atoms with Gasteiger partial charge < -0.3 is 11.1 Å². The number of piperidine rings is 3. The number of nitrogens with two attached hydrogens (primary N) is 1. The molecule has 0 radical (unpaired) electrons. The lowest BCUT2D eigenvalue weighted by Gasteiger charge is -2.44. The van der Waals surface area contributed by atoms with E-state index in [0.29, 0.717) is 16.5 Å². The molecule has 4 heterocycles. The third-order valence-corrected chi connectivity index (χ3v) is 5.79. The first kappa shape index (κ1) is 14.0. The molecule has 1 unspecified atom stereocenters. The highest BCUT2D eigenvalue weighted by Crippen LogP contribution is 2.34. The van der Waals surface area contributed by atoms with Crippen LogP contribution in [0.2, 0.25) is 0 Å². The van der Waals surface area contributed by atoms with Gasteiger partial charge in [-0.15, -0.1) is 11.3 Å². The third kappa shape index (κ3) is 2.62. The molecule has 3 aliphatic heterocycles. The number of rotatable bonds is 3. The largest absolute Gasteiger partial charge is 0.365 e. The monoisotopic (exact) mass is 357 g/mol. The number of thiophene rings is 1.